The maximum atomic E-state index is 12.5. The third-order valence-electron chi connectivity index (χ3n) is 5.71. The minimum absolute atomic E-state index is 0.103. The van der Waals surface area contributed by atoms with Gasteiger partial charge in [0.1, 0.15) is 6.04 Å². The normalized spacial score (nSPS) is 13.2. The monoisotopic (exact) mass is 487 g/mol. The Morgan fingerprint density at radius 1 is 1.00 bits per heavy atom. The summed E-state index contributed by atoms with van der Waals surface area (Å²) in [6.07, 6.45) is 1.05. The Hall–Kier alpha value is -2.25. The minimum atomic E-state index is -1.06. The lowest BCUT2D eigenvalue weighted by molar-refractivity contribution is -0.141. The molecule has 2 aromatic rings. The van der Waals surface area contributed by atoms with E-state index in [1.165, 1.54) is 17.3 Å². The summed E-state index contributed by atoms with van der Waals surface area (Å²) in [6.45, 7) is 8.30. The smallest absolute Gasteiger partial charge is 0.327 e. The molecule has 0 aliphatic rings. The summed E-state index contributed by atoms with van der Waals surface area (Å²) in [4.78, 5) is 36.3. The topological polar surface area (TPSA) is 83.5 Å². The number of carboxylic acids is 1. The van der Waals surface area contributed by atoms with Crippen LogP contribution < -0.4 is 5.32 Å². The summed E-state index contributed by atoms with van der Waals surface area (Å²) < 4.78 is 0. The number of rotatable bonds is 12. The predicted octanol–water partition coefficient (Wildman–Crippen LogP) is 5.39. The van der Waals surface area contributed by atoms with Gasteiger partial charge in [-0.3, -0.25) is 9.59 Å². The largest absolute Gasteiger partial charge is 0.480 e. The van der Waals surface area contributed by atoms with E-state index in [4.69, 9.17) is 0 Å². The Bertz CT molecular complexity index is 929. The summed E-state index contributed by atoms with van der Waals surface area (Å²) in [6, 6.07) is 16.3. The van der Waals surface area contributed by atoms with Gasteiger partial charge in [-0.25, -0.2) is 4.79 Å². The fourth-order valence-electron chi connectivity index (χ4n) is 2.97. The van der Waals surface area contributed by atoms with Gasteiger partial charge >= 0.3 is 5.97 Å². The first-order chi connectivity index (χ1) is 15.6. The lowest BCUT2D eigenvalue weighted by atomic mass is 9.82. The van der Waals surface area contributed by atoms with Crippen molar-refractivity contribution in [2.24, 2.45) is 5.92 Å². The molecule has 0 saturated heterocycles. The van der Waals surface area contributed by atoms with Gasteiger partial charge in [0.2, 0.25) is 11.0 Å². The third-order valence-corrected chi connectivity index (χ3v) is 7.98. The van der Waals surface area contributed by atoms with Crippen LogP contribution in [0.3, 0.4) is 0 Å². The molecule has 2 rings (SSSR count). The van der Waals surface area contributed by atoms with Gasteiger partial charge in [0.15, 0.2) is 0 Å². The van der Waals surface area contributed by atoms with Crippen LogP contribution in [0.4, 0.5) is 0 Å². The first-order valence-electron chi connectivity index (χ1n) is 11.1. The molecule has 2 atom stereocenters. The van der Waals surface area contributed by atoms with Crippen LogP contribution in [-0.4, -0.2) is 39.6 Å². The van der Waals surface area contributed by atoms with Gasteiger partial charge in [0.25, 0.3) is 0 Å². The van der Waals surface area contributed by atoms with E-state index in [1.807, 2.05) is 6.07 Å². The van der Waals surface area contributed by atoms with Crippen LogP contribution in [0.15, 0.2) is 54.6 Å². The molecule has 0 aliphatic carbocycles. The average Bonchev–Trinajstić information content (AvgIpc) is 2.82. The lowest BCUT2D eigenvalue weighted by Gasteiger charge is -2.23. The van der Waals surface area contributed by atoms with Gasteiger partial charge in [0.05, 0.1) is 0 Å². The molecule has 5 nitrogen and oxygen atoms in total. The minimum Gasteiger partial charge on any atom is -0.480 e. The molecule has 33 heavy (non-hydrogen) atoms. The van der Waals surface area contributed by atoms with Crippen molar-refractivity contribution in [1.82, 2.24) is 5.32 Å². The van der Waals surface area contributed by atoms with E-state index >= 15 is 0 Å². The van der Waals surface area contributed by atoms with E-state index in [2.05, 4.69) is 50.4 Å². The number of benzene rings is 2. The molecule has 0 fully saturated rings. The highest BCUT2D eigenvalue weighted by atomic mass is 32.2. The number of thioether (sulfide) groups is 2. The van der Waals surface area contributed by atoms with E-state index in [0.717, 1.165) is 23.7 Å². The first-order valence-corrected chi connectivity index (χ1v) is 13.2. The lowest BCUT2D eigenvalue weighted by Crippen LogP contribution is -2.45. The van der Waals surface area contributed by atoms with Crippen molar-refractivity contribution in [2.75, 3.05) is 11.5 Å². The zero-order valence-electron chi connectivity index (χ0n) is 19.7. The van der Waals surface area contributed by atoms with E-state index in [1.54, 1.807) is 31.2 Å². The maximum Gasteiger partial charge on any atom is 0.327 e. The van der Waals surface area contributed by atoms with Crippen molar-refractivity contribution in [1.29, 1.82) is 0 Å². The molecule has 0 bridgehead atoms. The van der Waals surface area contributed by atoms with Gasteiger partial charge in [0, 0.05) is 28.7 Å². The standard InChI is InChI=1S/C26H33NO4S2/c1-5-26(3,4)21-13-11-19(12-14-21)16-32-17-22(24(29)30)27-23(28)18(2)15-33-25(31)20-9-7-6-8-10-20/h6-14,18,22H,5,15-17H2,1-4H3,(H,27,28)(H,29,30)/t18-,22+/m1/s1. The number of carboxylic acid groups (broad SMARTS) is 1. The van der Waals surface area contributed by atoms with Crippen LogP contribution in [0.2, 0.25) is 0 Å². The van der Waals surface area contributed by atoms with Crippen molar-refractivity contribution in [3.05, 3.63) is 71.3 Å². The molecule has 0 radical (unpaired) electrons. The molecular formula is C26H33NO4S2. The SMILES string of the molecule is CCC(C)(C)c1ccc(CSC[C@H](NC(=O)[C@H](C)CSC(=O)c2ccccc2)C(=O)O)cc1. The van der Waals surface area contributed by atoms with Gasteiger partial charge in [-0.15, -0.1) is 0 Å². The summed E-state index contributed by atoms with van der Waals surface area (Å²) >= 11 is 2.54. The number of carbonyl (C=O) groups is 3. The fraction of sp³-hybridized carbons (Fsp3) is 0.423. The van der Waals surface area contributed by atoms with Crippen LogP contribution >= 0.6 is 23.5 Å². The molecule has 0 aromatic heterocycles. The molecule has 0 spiro atoms. The number of carbonyl (C=O) groups excluding carboxylic acids is 2. The highest BCUT2D eigenvalue weighted by Gasteiger charge is 2.24. The van der Waals surface area contributed by atoms with E-state index in [0.29, 0.717) is 17.1 Å². The molecule has 0 aliphatic heterocycles. The van der Waals surface area contributed by atoms with Gasteiger partial charge in [-0.05, 0) is 23.0 Å². The number of hydrogen-bond acceptors (Lipinski definition) is 5. The molecule has 7 heteroatoms. The Kier molecular flexibility index (Phi) is 10.5. The fourth-order valence-corrected chi connectivity index (χ4v) is 4.84. The van der Waals surface area contributed by atoms with Crippen LogP contribution in [0.25, 0.3) is 0 Å². The summed E-state index contributed by atoms with van der Waals surface area (Å²) in [5.74, 6) is -0.669. The zero-order chi connectivity index (χ0) is 24.4. The zero-order valence-corrected chi connectivity index (χ0v) is 21.3. The van der Waals surface area contributed by atoms with Crippen molar-refractivity contribution in [2.45, 2.75) is 51.3 Å². The number of amides is 1. The van der Waals surface area contributed by atoms with Crippen molar-refractivity contribution in [3.8, 4) is 0 Å². The molecule has 178 valence electrons. The predicted molar refractivity (Wildman–Crippen MR) is 138 cm³/mol. The van der Waals surface area contributed by atoms with Crippen LogP contribution in [0.1, 0.15) is 55.6 Å². The van der Waals surface area contributed by atoms with Gasteiger partial charge in [-0.2, -0.15) is 11.8 Å². The maximum absolute atomic E-state index is 12.5. The average molecular weight is 488 g/mol. The highest BCUT2D eigenvalue weighted by molar-refractivity contribution is 8.14. The Morgan fingerprint density at radius 2 is 1.64 bits per heavy atom. The third kappa shape index (κ3) is 8.55. The Labute approximate surface area is 205 Å². The summed E-state index contributed by atoms with van der Waals surface area (Å²) in [5.41, 5.74) is 3.12. The van der Waals surface area contributed by atoms with Crippen LogP contribution in [0.5, 0.6) is 0 Å². The summed E-state index contributed by atoms with van der Waals surface area (Å²) in [7, 11) is 0. The summed E-state index contributed by atoms with van der Waals surface area (Å²) in [5, 5.41) is 12.0. The number of aliphatic carboxylic acids is 1. The Balaban J connectivity index is 1.81. The molecule has 2 aromatic carbocycles. The highest BCUT2D eigenvalue weighted by Crippen LogP contribution is 2.27. The number of hydrogen-bond donors (Lipinski definition) is 2. The van der Waals surface area contributed by atoms with Crippen LogP contribution in [0, 0.1) is 5.92 Å². The molecule has 0 heterocycles. The van der Waals surface area contributed by atoms with Gasteiger partial charge < -0.3 is 10.4 Å². The Morgan fingerprint density at radius 3 is 2.21 bits per heavy atom. The second-order valence-electron chi connectivity index (χ2n) is 8.71. The van der Waals surface area contributed by atoms with E-state index in [-0.39, 0.29) is 22.2 Å². The van der Waals surface area contributed by atoms with Crippen LogP contribution in [-0.2, 0) is 20.8 Å². The van der Waals surface area contributed by atoms with Crippen molar-refractivity contribution < 1.29 is 19.5 Å². The second kappa shape index (κ2) is 12.8. The number of nitrogens with one attached hydrogen (secondary N) is 1. The van der Waals surface area contributed by atoms with Crippen molar-refractivity contribution >= 4 is 40.5 Å². The molecule has 2 N–H and O–H groups in total. The second-order valence-corrected chi connectivity index (χ2v) is 10.7. The molecule has 1 amide bonds. The van der Waals surface area contributed by atoms with E-state index < -0.39 is 17.9 Å². The molecule has 0 saturated carbocycles. The van der Waals surface area contributed by atoms with Crippen molar-refractivity contribution in [3.63, 3.8) is 0 Å². The quantitative estimate of drug-likeness (QED) is 0.418. The first kappa shape index (κ1) is 27.0. The molecule has 0 unspecified atom stereocenters. The molecular weight excluding hydrogens is 454 g/mol. The van der Waals surface area contributed by atoms with Gasteiger partial charge in [-0.1, -0.05) is 94.1 Å². The van der Waals surface area contributed by atoms with E-state index in [9.17, 15) is 19.5 Å².